The molecule has 0 aromatic carbocycles. The number of alkyl halides is 1. The molecule has 0 aromatic heterocycles. The first-order valence-corrected chi connectivity index (χ1v) is 11.1. The van der Waals surface area contributed by atoms with Gasteiger partial charge in [0.05, 0.1) is 6.10 Å². The minimum Gasteiger partial charge on any atom is -0.458 e. The van der Waals surface area contributed by atoms with Crippen molar-refractivity contribution in [2.75, 3.05) is 12.5 Å². The van der Waals surface area contributed by atoms with E-state index in [1.165, 1.54) is 0 Å². The molecule has 4 heterocycles. The zero-order valence-electron chi connectivity index (χ0n) is 16.3. The Labute approximate surface area is 173 Å². The lowest BCUT2D eigenvalue weighted by atomic mass is 9.53. The first kappa shape index (κ1) is 17.5. The monoisotopic (exact) mass is 422 g/mol. The predicted molar refractivity (Wildman–Crippen MR) is 97.1 cm³/mol. The number of ether oxygens (including phenoxy) is 5. The Balaban J connectivity index is 1.33. The molecule has 0 N–H and O–H groups in total. The molecule has 0 unspecified atom stereocenters. The van der Waals surface area contributed by atoms with Crippen LogP contribution in [0.2, 0.25) is 0 Å². The molecule has 156 valence electrons. The fraction of sp³-hybridized carbons (Fsp3) is 0.810. The first-order valence-electron chi connectivity index (χ1n) is 10.6. The Morgan fingerprint density at radius 1 is 1.24 bits per heavy atom. The van der Waals surface area contributed by atoms with Gasteiger partial charge < -0.3 is 23.7 Å². The highest BCUT2D eigenvalue weighted by Gasteiger charge is 2.99. The molecule has 7 rings (SSSR count). The molecule has 3 saturated heterocycles. The van der Waals surface area contributed by atoms with Crippen LogP contribution in [0.3, 0.4) is 0 Å². The highest BCUT2D eigenvalue weighted by Crippen LogP contribution is 2.80. The van der Waals surface area contributed by atoms with E-state index in [9.17, 15) is 9.59 Å². The van der Waals surface area contributed by atoms with Crippen molar-refractivity contribution in [3.05, 3.63) is 11.1 Å². The lowest BCUT2D eigenvalue weighted by molar-refractivity contribution is -0.162. The van der Waals surface area contributed by atoms with Crippen molar-refractivity contribution in [1.82, 2.24) is 0 Å². The normalized spacial score (nSPS) is 55.0. The van der Waals surface area contributed by atoms with Gasteiger partial charge in [0.1, 0.15) is 35.9 Å². The molecule has 7 aliphatic rings. The Hall–Kier alpha value is -1.15. The summed E-state index contributed by atoms with van der Waals surface area (Å²) < 4.78 is 30.5. The Morgan fingerprint density at radius 3 is 2.83 bits per heavy atom. The molecule has 0 aromatic rings. The van der Waals surface area contributed by atoms with E-state index in [4.69, 9.17) is 35.3 Å². The van der Waals surface area contributed by atoms with E-state index in [-0.39, 0.29) is 47.9 Å². The standard InChI is InChI=1S/C21H23ClO7/c1-8(2)19-15(28-19)16-20(29-16)12-4-3-9-11(7-25-17(9)24)10(12)5-13-21(20,27-13)18(19)26-14(23)6-22/h8,10,12-13,15-16,18H,3-7H2,1-2H3/t10-,12-,13-,15-,16-,18+,19-,20-,21+/m0/s1. The molecule has 4 aliphatic heterocycles. The zero-order chi connectivity index (χ0) is 19.9. The van der Waals surface area contributed by atoms with Crippen LogP contribution in [0.5, 0.6) is 0 Å². The van der Waals surface area contributed by atoms with Gasteiger partial charge in [-0.2, -0.15) is 0 Å². The van der Waals surface area contributed by atoms with Crippen molar-refractivity contribution in [2.24, 2.45) is 17.8 Å². The van der Waals surface area contributed by atoms with Gasteiger partial charge in [-0.3, -0.25) is 4.79 Å². The van der Waals surface area contributed by atoms with E-state index in [0.717, 1.165) is 24.0 Å². The molecule has 5 fully saturated rings. The number of epoxide rings is 3. The summed E-state index contributed by atoms with van der Waals surface area (Å²) in [5, 5.41) is 0. The number of cyclic esters (lactones) is 1. The van der Waals surface area contributed by atoms with Crippen molar-refractivity contribution >= 4 is 23.5 Å². The van der Waals surface area contributed by atoms with Gasteiger partial charge in [0, 0.05) is 11.5 Å². The fourth-order valence-corrected chi connectivity index (χ4v) is 7.61. The van der Waals surface area contributed by atoms with Crippen LogP contribution in [0, 0.1) is 17.8 Å². The van der Waals surface area contributed by atoms with Crippen molar-refractivity contribution in [3.8, 4) is 0 Å². The maximum absolute atomic E-state index is 12.3. The van der Waals surface area contributed by atoms with Crippen LogP contribution >= 0.6 is 11.6 Å². The van der Waals surface area contributed by atoms with Crippen LogP contribution in [-0.4, -0.2) is 65.6 Å². The van der Waals surface area contributed by atoms with E-state index in [1.807, 2.05) is 0 Å². The van der Waals surface area contributed by atoms with Gasteiger partial charge in [-0.05, 0) is 36.7 Å². The SMILES string of the molecule is CC(C)[C@]12O[C@H]1[C@@H]1O[C@@]13[C@H]1CCC4=C(COC4=O)[C@@H]1C[C@@H]1O[C@@]13[C@@H]2OC(=O)CCl. The predicted octanol–water partition coefficient (Wildman–Crippen LogP) is 1.50. The number of hydrogen-bond donors (Lipinski definition) is 0. The van der Waals surface area contributed by atoms with Gasteiger partial charge in [-0.15, -0.1) is 11.6 Å². The summed E-state index contributed by atoms with van der Waals surface area (Å²) in [5.74, 6) is -0.235. The molecular weight excluding hydrogens is 400 g/mol. The van der Waals surface area contributed by atoms with E-state index in [0.29, 0.717) is 13.0 Å². The van der Waals surface area contributed by atoms with Crippen LogP contribution in [-0.2, 0) is 33.3 Å². The lowest BCUT2D eigenvalue weighted by Crippen LogP contribution is -2.67. The van der Waals surface area contributed by atoms with E-state index >= 15 is 0 Å². The molecule has 0 radical (unpaired) electrons. The number of esters is 2. The van der Waals surface area contributed by atoms with Gasteiger partial charge in [0.2, 0.25) is 0 Å². The fourth-order valence-electron chi connectivity index (χ4n) is 7.55. The van der Waals surface area contributed by atoms with Crippen LogP contribution in [0.15, 0.2) is 11.1 Å². The van der Waals surface area contributed by atoms with Gasteiger partial charge in [0.15, 0.2) is 11.7 Å². The summed E-state index contributed by atoms with van der Waals surface area (Å²) >= 11 is 5.78. The van der Waals surface area contributed by atoms with Gasteiger partial charge in [0.25, 0.3) is 0 Å². The number of halogens is 1. The molecule has 29 heavy (non-hydrogen) atoms. The number of fused-ring (bicyclic) bond motifs is 4. The summed E-state index contributed by atoms with van der Waals surface area (Å²) in [5.41, 5.74) is 0.235. The largest absolute Gasteiger partial charge is 0.458 e. The average Bonchev–Trinajstić information content (AvgIpc) is 3.60. The third kappa shape index (κ3) is 1.70. The Bertz CT molecular complexity index is 899. The number of carbonyl (C=O) groups is 2. The number of rotatable bonds is 3. The highest BCUT2D eigenvalue weighted by atomic mass is 35.5. The van der Waals surface area contributed by atoms with Gasteiger partial charge in [-0.25, -0.2) is 4.79 Å². The van der Waals surface area contributed by atoms with Crippen LogP contribution in [0.4, 0.5) is 0 Å². The quantitative estimate of drug-likeness (QED) is 0.386. The molecule has 0 bridgehead atoms. The second kappa shape index (κ2) is 5.01. The number of hydrogen-bond acceptors (Lipinski definition) is 7. The van der Waals surface area contributed by atoms with Crippen LogP contribution in [0.25, 0.3) is 0 Å². The summed E-state index contributed by atoms with van der Waals surface area (Å²) in [6, 6.07) is 0. The van der Waals surface area contributed by atoms with Gasteiger partial charge in [-0.1, -0.05) is 13.8 Å². The van der Waals surface area contributed by atoms with E-state index in [1.54, 1.807) is 0 Å². The van der Waals surface area contributed by atoms with Crippen LogP contribution in [0.1, 0.15) is 33.1 Å². The third-order valence-corrected chi connectivity index (χ3v) is 8.98. The minimum absolute atomic E-state index is 0.0474. The smallest absolute Gasteiger partial charge is 0.334 e. The Morgan fingerprint density at radius 2 is 2.07 bits per heavy atom. The molecule has 9 atom stereocenters. The maximum atomic E-state index is 12.3. The molecule has 2 saturated carbocycles. The second-order valence-electron chi connectivity index (χ2n) is 9.85. The summed E-state index contributed by atoms with van der Waals surface area (Å²) in [4.78, 5) is 24.4. The van der Waals surface area contributed by atoms with E-state index < -0.39 is 28.9 Å². The van der Waals surface area contributed by atoms with Crippen molar-refractivity contribution in [3.63, 3.8) is 0 Å². The molecule has 2 spiro atoms. The van der Waals surface area contributed by atoms with E-state index in [2.05, 4.69) is 13.8 Å². The second-order valence-corrected chi connectivity index (χ2v) is 10.1. The molecule has 7 nitrogen and oxygen atoms in total. The number of carbonyl (C=O) groups excluding carboxylic acids is 2. The molecular formula is C21H23ClO7. The highest BCUT2D eigenvalue weighted by molar-refractivity contribution is 6.26. The summed E-state index contributed by atoms with van der Waals surface area (Å²) in [6.45, 7) is 4.57. The average molecular weight is 423 g/mol. The van der Waals surface area contributed by atoms with Crippen molar-refractivity contribution < 1.29 is 33.3 Å². The Kier molecular flexibility index (Phi) is 3.03. The lowest BCUT2D eigenvalue weighted by Gasteiger charge is -2.47. The molecule has 0 amide bonds. The molecule has 8 heteroatoms. The van der Waals surface area contributed by atoms with Crippen molar-refractivity contribution in [1.29, 1.82) is 0 Å². The summed E-state index contributed by atoms with van der Waals surface area (Å²) in [7, 11) is 0. The minimum atomic E-state index is -0.667. The van der Waals surface area contributed by atoms with Crippen LogP contribution < -0.4 is 0 Å². The summed E-state index contributed by atoms with van der Waals surface area (Å²) in [6.07, 6.45) is 1.62. The maximum Gasteiger partial charge on any atom is 0.334 e. The molecule has 3 aliphatic carbocycles. The third-order valence-electron chi connectivity index (χ3n) is 8.76. The van der Waals surface area contributed by atoms with Crippen molar-refractivity contribution in [2.45, 2.75) is 74.3 Å². The first-order chi connectivity index (χ1) is 13.9. The zero-order valence-corrected chi connectivity index (χ0v) is 17.1. The topological polar surface area (TPSA) is 90.2 Å². The van der Waals surface area contributed by atoms with Gasteiger partial charge >= 0.3 is 11.9 Å².